The van der Waals surface area contributed by atoms with Gasteiger partial charge in [0.25, 0.3) is 0 Å². The Morgan fingerprint density at radius 1 is 1.03 bits per heavy atom. The first-order valence-electron chi connectivity index (χ1n) is 10.5. The molecule has 1 aliphatic rings. The number of sulfonamides is 1. The van der Waals surface area contributed by atoms with Crippen LogP contribution in [0.2, 0.25) is 0 Å². The molecule has 32 heavy (non-hydrogen) atoms. The molecule has 2 aromatic heterocycles. The van der Waals surface area contributed by atoms with Gasteiger partial charge in [0.15, 0.2) is 5.52 Å². The van der Waals surface area contributed by atoms with E-state index < -0.39 is 15.6 Å². The standard InChI is InChI=1S/C23H24N4O4S/c1-15-5-4-6-19(16(15)2)26-9-11-27(12-10-26)32(29,30)17-7-8-20-18(13-17)22-21(23(28)31-20)24-14-25(22)3/h4-8,13-14H,9-12H2,1-3H3. The van der Waals surface area contributed by atoms with Crippen LogP contribution in [-0.2, 0) is 17.1 Å². The molecule has 9 heteroatoms. The number of rotatable bonds is 3. The maximum absolute atomic E-state index is 13.4. The van der Waals surface area contributed by atoms with Gasteiger partial charge in [-0.2, -0.15) is 4.31 Å². The van der Waals surface area contributed by atoms with Gasteiger partial charge in [-0.1, -0.05) is 12.1 Å². The molecule has 2 aromatic carbocycles. The molecule has 3 heterocycles. The van der Waals surface area contributed by atoms with Gasteiger partial charge in [0.05, 0.1) is 16.7 Å². The highest BCUT2D eigenvalue weighted by molar-refractivity contribution is 7.89. The molecule has 0 bridgehead atoms. The van der Waals surface area contributed by atoms with Crippen molar-refractivity contribution in [2.45, 2.75) is 18.7 Å². The number of hydrogen-bond acceptors (Lipinski definition) is 6. The second-order valence-electron chi connectivity index (χ2n) is 8.21. The summed E-state index contributed by atoms with van der Waals surface area (Å²) in [4.78, 5) is 18.7. The molecule has 166 valence electrons. The van der Waals surface area contributed by atoms with Gasteiger partial charge in [0.1, 0.15) is 5.58 Å². The van der Waals surface area contributed by atoms with Crippen molar-refractivity contribution in [3.63, 3.8) is 0 Å². The molecule has 5 rings (SSSR count). The van der Waals surface area contributed by atoms with E-state index in [4.69, 9.17) is 4.42 Å². The van der Waals surface area contributed by atoms with Crippen LogP contribution in [-0.4, -0.2) is 48.5 Å². The van der Waals surface area contributed by atoms with E-state index in [1.807, 2.05) is 6.07 Å². The largest absolute Gasteiger partial charge is 0.421 e. The lowest BCUT2D eigenvalue weighted by molar-refractivity contribution is 0.385. The average molecular weight is 453 g/mol. The number of anilines is 1. The molecular formula is C23H24N4O4S. The number of aromatic nitrogens is 2. The molecule has 0 saturated carbocycles. The Kier molecular flexibility index (Phi) is 4.83. The topological polar surface area (TPSA) is 88.7 Å². The zero-order valence-electron chi connectivity index (χ0n) is 18.2. The number of benzene rings is 2. The Morgan fingerprint density at radius 3 is 2.53 bits per heavy atom. The molecule has 1 fully saturated rings. The molecule has 0 atom stereocenters. The number of aryl methyl sites for hydroxylation is 2. The van der Waals surface area contributed by atoms with E-state index in [-0.39, 0.29) is 10.4 Å². The summed E-state index contributed by atoms with van der Waals surface area (Å²) in [7, 11) is -1.93. The predicted octanol–water partition coefficient (Wildman–Crippen LogP) is 2.81. The van der Waals surface area contributed by atoms with Gasteiger partial charge < -0.3 is 13.9 Å². The fraction of sp³-hybridized carbons (Fsp3) is 0.304. The van der Waals surface area contributed by atoms with Crippen LogP contribution < -0.4 is 10.5 Å². The van der Waals surface area contributed by atoms with Crippen molar-refractivity contribution < 1.29 is 12.8 Å². The predicted molar refractivity (Wildman–Crippen MR) is 124 cm³/mol. The van der Waals surface area contributed by atoms with Crippen LogP contribution in [0.15, 0.2) is 56.8 Å². The third-order valence-corrected chi connectivity index (χ3v) is 8.23. The van der Waals surface area contributed by atoms with E-state index in [1.165, 1.54) is 27.8 Å². The molecule has 0 amide bonds. The Labute approximate surface area is 185 Å². The molecule has 1 aliphatic heterocycles. The molecule has 0 aliphatic carbocycles. The Morgan fingerprint density at radius 2 is 1.78 bits per heavy atom. The zero-order chi connectivity index (χ0) is 22.6. The Bertz CT molecular complexity index is 1510. The summed E-state index contributed by atoms with van der Waals surface area (Å²) < 4.78 is 35.4. The van der Waals surface area contributed by atoms with E-state index >= 15 is 0 Å². The van der Waals surface area contributed by atoms with Crippen molar-refractivity contribution in [3.8, 4) is 0 Å². The van der Waals surface area contributed by atoms with Crippen LogP contribution in [0.1, 0.15) is 11.1 Å². The van der Waals surface area contributed by atoms with Gasteiger partial charge in [-0.3, -0.25) is 0 Å². The van der Waals surface area contributed by atoms with Crippen LogP contribution in [0.3, 0.4) is 0 Å². The third-order valence-electron chi connectivity index (χ3n) is 6.33. The lowest BCUT2D eigenvalue weighted by Crippen LogP contribution is -2.48. The number of imidazole rings is 1. The van der Waals surface area contributed by atoms with E-state index in [1.54, 1.807) is 23.7 Å². The fourth-order valence-corrected chi connectivity index (χ4v) is 5.83. The van der Waals surface area contributed by atoms with Gasteiger partial charge >= 0.3 is 5.63 Å². The quantitative estimate of drug-likeness (QED) is 0.444. The summed E-state index contributed by atoms with van der Waals surface area (Å²) in [5.41, 5.74) is 4.16. The minimum absolute atomic E-state index is 0.182. The normalized spacial score (nSPS) is 15.7. The van der Waals surface area contributed by atoms with Crippen LogP contribution in [0.25, 0.3) is 22.0 Å². The summed E-state index contributed by atoms with van der Waals surface area (Å²) >= 11 is 0. The van der Waals surface area contributed by atoms with Crippen molar-refractivity contribution in [3.05, 3.63) is 64.3 Å². The van der Waals surface area contributed by atoms with Gasteiger partial charge in [0, 0.05) is 44.3 Å². The van der Waals surface area contributed by atoms with Gasteiger partial charge in [-0.05, 0) is 49.2 Å². The fourth-order valence-electron chi connectivity index (χ4n) is 4.39. The molecule has 0 spiro atoms. The van der Waals surface area contributed by atoms with Crippen molar-refractivity contribution in [1.29, 1.82) is 0 Å². The summed E-state index contributed by atoms with van der Waals surface area (Å²) in [6, 6.07) is 10.8. The first kappa shape index (κ1) is 20.7. The third kappa shape index (κ3) is 3.20. The number of nitrogens with zero attached hydrogens (tertiary/aromatic N) is 4. The summed E-state index contributed by atoms with van der Waals surface area (Å²) in [6.07, 6.45) is 1.52. The number of piperazine rings is 1. The van der Waals surface area contributed by atoms with Gasteiger partial charge in [-0.25, -0.2) is 18.2 Å². The van der Waals surface area contributed by atoms with Crippen molar-refractivity contribution >= 4 is 37.7 Å². The van der Waals surface area contributed by atoms with Crippen molar-refractivity contribution in [2.75, 3.05) is 31.1 Å². The Balaban J connectivity index is 1.47. The molecule has 4 aromatic rings. The minimum Gasteiger partial charge on any atom is -0.421 e. The van der Waals surface area contributed by atoms with Gasteiger partial charge in [0.2, 0.25) is 10.0 Å². The highest BCUT2D eigenvalue weighted by atomic mass is 32.2. The van der Waals surface area contributed by atoms with Crippen molar-refractivity contribution in [1.82, 2.24) is 13.9 Å². The monoisotopic (exact) mass is 452 g/mol. The van der Waals surface area contributed by atoms with Gasteiger partial charge in [-0.15, -0.1) is 0 Å². The van der Waals surface area contributed by atoms with Crippen LogP contribution >= 0.6 is 0 Å². The first-order valence-corrected chi connectivity index (χ1v) is 11.9. The lowest BCUT2D eigenvalue weighted by Gasteiger charge is -2.36. The van der Waals surface area contributed by atoms with E-state index in [0.717, 1.165) is 5.69 Å². The van der Waals surface area contributed by atoms with Crippen LogP contribution in [0, 0.1) is 13.8 Å². The second-order valence-corrected chi connectivity index (χ2v) is 10.1. The zero-order valence-corrected chi connectivity index (χ0v) is 19.0. The summed E-state index contributed by atoms with van der Waals surface area (Å²) in [5, 5.41) is 0.551. The molecule has 0 radical (unpaired) electrons. The molecule has 0 unspecified atom stereocenters. The number of hydrogen-bond donors (Lipinski definition) is 0. The minimum atomic E-state index is -3.69. The Hall–Kier alpha value is -3.17. The molecular weight excluding hydrogens is 428 g/mol. The number of fused-ring (bicyclic) bond motifs is 3. The molecule has 0 N–H and O–H groups in total. The highest BCUT2D eigenvalue weighted by Gasteiger charge is 2.29. The first-order chi connectivity index (χ1) is 15.3. The SMILES string of the molecule is Cc1cccc(N2CCN(S(=O)(=O)c3ccc4oc(=O)c5ncn(C)c5c4c3)CC2)c1C. The summed E-state index contributed by atoms with van der Waals surface area (Å²) in [5.74, 6) is 0. The van der Waals surface area contributed by atoms with Crippen LogP contribution in [0.5, 0.6) is 0 Å². The average Bonchev–Trinajstić information content (AvgIpc) is 3.18. The van der Waals surface area contributed by atoms with E-state index in [0.29, 0.717) is 42.7 Å². The molecule has 8 nitrogen and oxygen atoms in total. The maximum atomic E-state index is 13.4. The van der Waals surface area contributed by atoms with E-state index in [2.05, 4.69) is 35.9 Å². The smallest absolute Gasteiger partial charge is 0.364 e. The maximum Gasteiger partial charge on any atom is 0.364 e. The lowest BCUT2D eigenvalue weighted by atomic mass is 10.1. The van der Waals surface area contributed by atoms with Crippen molar-refractivity contribution in [2.24, 2.45) is 7.05 Å². The molecule has 1 saturated heterocycles. The second kappa shape index (κ2) is 7.46. The van der Waals surface area contributed by atoms with Crippen LogP contribution in [0.4, 0.5) is 5.69 Å². The highest BCUT2D eigenvalue weighted by Crippen LogP contribution is 2.28. The van der Waals surface area contributed by atoms with E-state index in [9.17, 15) is 13.2 Å². The summed E-state index contributed by atoms with van der Waals surface area (Å²) in [6.45, 7) is 6.23.